The van der Waals surface area contributed by atoms with Gasteiger partial charge >= 0.3 is 0 Å². The molecule has 2 aromatic rings. The van der Waals surface area contributed by atoms with Gasteiger partial charge in [-0.1, -0.05) is 13.0 Å². The van der Waals surface area contributed by atoms with Crippen molar-refractivity contribution >= 4 is 10.0 Å². The lowest BCUT2D eigenvalue weighted by Crippen LogP contribution is -2.31. The Morgan fingerprint density at radius 1 is 1.43 bits per heavy atom. The summed E-state index contributed by atoms with van der Waals surface area (Å²) in [5.41, 5.74) is 2.16. The van der Waals surface area contributed by atoms with E-state index in [1.165, 1.54) is 6.20 Å². The number of H-pyrrole nitrogens is 1. The van der Waals surface area contributed by atoms with E-state index in [9.17, 15) is 8.42 Å². The normalized spacial score (nSPS) is 17.7. The lowest BCUT2D eigenvalue weighted by Gasteiger charge is -2.26. The number of benzene rings is 1. The standard InChI is InChI=1S/C16H21N3O3S/c1-3-15-17-10-16(18-15)23(20,21)19-14-6-4-5-11-9-12(22-2)7-8-13(11)14/h7-10,14,19H,3-6H2,1-2H3,(H,17,18). The predicted octanol–water partition coefficient (Wildman–Crippen LogP) is 2.34. The van der Waals surface area contributed by atoms with Crippen molar-refractivity contribution < 1.29 is 13.2 Å². The number of nitrogens with one attached hydrogen (secondary N) is 2. The third-order valence-electron chi connectivity index (χ3n) is 4.19. The molecule has 0 saturated heterocycles. The molecule has 6 nitrogen and oxygen atoms in total. The van der Waals surface area contributed by atoms with Gasteiger partial charge in [0.25, 0.3) is 10.0 Å². The van der Waals surface area contributed by atoms with Gasteiger partial charge < -0.3 is 9.72 Å². The van der Waals surface area contributed by atoms with Crippen LogP contribution in [-0.2, 0) is 22.9 Å². The third-order valence-corrected chi connectivity index (χ3v) is 5.57. The van der Waals surface area contributed by atoms with Gasteiger partial charge in [0, 0.05) is 12.5 Å². The molecule has 0 radical (unpaired) electrons. The van der Waals surface area contributed by atoms with Crippen molar-refractivity contribution in [2.45, 2.75) is 43.7 Å². The Labute approximate surface area is 136 Å². The van der Waals surface area contributed by atoms with Crippen LogP contribution in [0.3, 0.4) is 0 Å². The number of nitrogens with zero attached hydrogens (tertiary/aromatic N) is 1. The van der Waals surface area contributed by atoms with Crippen LogP contribution in [0.1, 0.15) is 42.8 Å². The molecule has 124 valence electrons. The number of rotatable bonds is 5. The van der Waals surface area contributed by atoms with Gasteiger partial charge in [-0.3, -0.25) is 0 Å². The third kappa shape index (κ3) is 3.25. The van der Waals surface area contributed by atoms with E-state index >= 15 is 0 Å². The molecule has 1 aliphatic carbocycles. The fourth-order valence-corrected chi connectivity index (χ4v) is 4.14. The number of aromatic amines is 1. The van der Waals surface area contributed by atoms with E-state index in [2.05, 4.69) is 14.7 Å². The van der Waals surface area contributed by atoms with Gasteiger partial charge in [0.1, 0.15) is 11.6 Å². The highest BCUT2D eigenvalue weighted by molar-refractivity contribution is 7.89. The van der Waals surface area contributed by atoms with Crippen molar-refractivity contribution in [1.82, 2.24) is 14.7 Å². The van der Waals surface area contributed by atoms with Crippen LogP contribution in [0, 0.1) is 0 Å². The van der Waals surface area contributed by atoms with Crippen molar-refractivity contribution in [1.29, 1.82) is 0 Å². The van der Waals surface area contributed by atoms with Crippen molar-refractivity contribution in [3.8, 4) is 5.75 Å². The molecule has 23 heavy (non-hydrogen) atoms. The summed E-state index contributed by atoms with van der Waals surface area (Å²) in [4.78, 5) is 6.92. The molecule has 0 saturated carbocycles. The average molecular weight is 335 g/mol. The molecule has 1 atom stereocenters. The largest absolute Gasteiger partial charge is 0.497 e. The number of hydrogen-bond acceptors (Lipinski definition) is 4. The highest BCUT2D eigenvalue weighted by Crippen LogP contribution is 2.33. The van der Waals surface area contributed by atoms with E-state index in [0.717, 1.165) is 36.1 Å². The molecule has 0 amide bonds. The van der Waals surface area contributed by atoms with Crippen LogP contribution in [0.15, 0.2) is 29.4 Å². The van der Waals surface area contributed by atoms with Crippen LogP contribution >= 0.6 is 0 Å². The first-order chi connectivity index (χ1) is 11.0. The van der Waals surface area contributed by atoms with Crippen LogP contribution < -0.4 is 9.46 Å². The van der Waals surface area contributed by atoms with E-state index in [1.807, 2.05) is 25.1 Å². The molecule has 0 aliphatic heterocycles. The van der Waals surface area contributed by atoms with Gasteiger partial charge in [-0.2, -0.15) is 0 Å². The van der Waals surface area contributed by atoms with Crippen LogP contribution in [0.25, 0.3) is 0 Å². The highest BCUT2D eigenvalue weighted by Gasteiger charge is 2.27. The van der Waals surface area contributed by atoms with Gasteiger partial charge in [0.05, 0.1) is 13.3 Å². The lowest BCUT2D eigenvalue weighted by molar-refractivity contribution is 0.412. The molecule has 1 aliphatic rings. The maximum atomic E-state index is 12.6. The second-order valence-corrected chi connectivity index (χ2v) is 7.36. The van der Waals surface area contributed by atoms with Gasteiger partial charge in [-0.05, 0) is 42.5 Å². The number of imidazole rings is 1. The Balaban J connectivity index is 1.86. The molecule has 0 fully saturated rings. The van der Waals surface area contributed by atoms with E-state index in [4.69, 9.17) is 4.74 Å². The molecule has 1 aromatic carbocycles. The first kappa shape index (κ1) is 16.0. The number of fused-ring (bicyclic) bond motifs is 1. The number of hydrogen-bond donors (Lipinski definition) is 2. The van der Waals surface area contributed by atoms with Crippen molar-refractivity contribution in [3.63, 3.8) is 0 Å². The number of ether oxygens (including phenoxy) is 1. The van der Waals surface area contributed by atoms with E-state index in [0.29, 0.717) is 12.2 Å². The van der Waals surface area contributed by atoms with Crippen molar-refractivity contribution in [3.05, 3.63) is 41.3 Å². The topological polar surface area (TPSA) is 84.1 Å². The zero-order chi connectivity index (χ0) is 16.4. The molecule has 1 unspecified atom stereocenters. The summed E-state index contributed by atoms with van der Waals surface area (Å²) in [5.74, 6) is 1.47. The van der Waals surface area contributed by atoms with Crippen LogP contribution in [0.2, 0.25) is 0 Å². The maximum absolute atomic E-state index is 12.6. The number of aryl methyl sites for hydroxylation is 2. The Bertz CT molecular complexity index is 799. The van der Waals surface area contributed by atoms with Gasteiger partial charge in [0.15, 0.2) is 5.03 Å². The molecule has 3 rings (SSSR count). The van der Waals surface area contributed by atoms with Crippen LogP contribution in [0.4, 0.5) is 0 Å². The van der Waals surface area contributed by atoms with Gasteiger partial charge in [0.2, 0.25) is 0 Å². The van der Waals surface area contributed by atoms with Crippen LogP contribution in [-0.4, -0.2) is 25.5 Å². The van der Waals surface area contributed by atoms with E-state index < -0.39 is 10.0 Å². The first-order valence-electron chi connectivity index (χ1n) is 7.76. The first-order valence-corrected chi connectivity index (χ1v) is 9.25. The number of aromatic nitrogens is 2. The molecule has 0 bridgehead atoms. The number of methoxy groups -OCH3 is 1. The Morgan fingerprint density at radius 2 is 2.26 bits per heavy atom. The van der Waals surface area contributed by atoms with E-state index in [-0.39, 0.29) is 11.1 Å². The van der Waals surface area contributed by atoms with Crippen molar-refractivity contribution in [2.24, 2.45) is 0 Å². The second-order valence-electron chi connectivity index (χ2n) is 5.68. The minimum absolute atomic E-state index is 0.120. The average Bonchev–Trinajstić information content (AvgIpc) is 3.04. The second kappa shape index (κ2) is 6.33. The van der Waals surface area contributed by atoms with Gasteiger partial charge in [-0.25, -0.2) is 18.1 Å². The molecular formula is C16H21N3O3S. The minimum Gasteiger partial charge on any atom is -0.497 e. The SMILES string of the molecule is CCc1ncc(S(=O)(=O)NC2CCCc3cc(OC)ccc32)[nH]1. The fraction of sp³-hybridized carbons (Fsp3) is 0.438. The monoisotopic (exact) mass is 335 g/mol. The zero-order valence-electron chi connectivity index (χ0n) is 13.3. The van der Waals surface area contributed by atoms with E-state index in [1.54, 1.807) is 7.11 Å². The highest BCUT2D eigenvalue weighted by atomic mass is 32.2. The summed E-state index contributed by atoms with van der Waals surface area (Å²) in [6.45, 7) is 1.92. The smallest absolute Gasteiger partial charge is 0.258 e. The molecule has 0 spiro atoms. The summed E-state index contributed by atoms with van der Waals surface area (Å²) in [5, 5.41) is 0.120. The number of sulfonamides is 1. The quantitative estimate of drug-likeness (QED) is 0.878. The Morgan fingerprint density at radius 3 is 2.96 bits per heavy atom. The summed E-state index contributed by atoms with van der Waals surface area (Å²) in [6, 6.07) is 5.59. The predicted molar refractivity (Wildman–Crippen MR) is 87.0 cm³/mol. The summed E-state index contributed by atoms with van der Waals surface area (Å²) < 4.78 is 33.2. The lowest BCUT2D eigenvalue weighted by atomic mass is 9.88. The molecule has 2 N–H and O–H groups in total. The summed E-state index contributed by atoms with van der Waals surface area (Å²) in [7, 11) is -1.97. The summed E-state index contributed by atoms with van der Waals surface area (Å²) in [6.07, 6.45) is 4.71. The molecule has 1 aromatic heterocycles. The minimum atomic E-state index is -3.61. The molecule has 7 heteroatoms. The van der Waals surface area contributed by atoms with Crippen molar-refractivity contribution in [2.75, 3.05) is 7.11 Å². The molecular weight excluding hydrogens is 314 g/mol. The Hall–Kier alpha value is -1.86. The Kier molecular flexibility index (Phi) is 4.41. The maximum Gasteiger partial charge on any atom is 0.258 e. The molecule has 1 heterocycles. The van der Waals surface area contributed by atoms with Gasteiger partial charge in [-0.15, -0.1) is 0 Å². The zero-order valence-corrected chi connectivity index (χ0v) is 14.1. The summed E-state index contributed by atoms with van der Waals surface area (Å²) >= 11 is 0. The van der Waals surface area contributed by atoms with Crippen LogP contribution in [0.5, 0.6) is 5.75 Å². The fourth-order valence-electron chi connectivity index (χ4n) is 2.95.